The molecule has 0 aliphatic carbocycles. The van der Waals surface area contributed by atoms with Crippen LogP contribution in [0.1, 0.15) is 40.2 Å². The average molecular weight is 824 g/mol. The summed E-state index contributed by atoms with van der Waals surface area (Å²) < 4.78 is 99.4. The van der Waals surface area contributed by atoms with Crippen molar-refractivity contribution in [2.45, 2.75) is 26.2 Å². The van der Waals surface area contributed by atoms with E-state index < -0.39 is 60.4 Å². The minimum absolute atomic E-state index is 0.135. The Kier molecular flexibility index (Phi) is 6.96. The number of fused-ring (bicyclic) bond motifs is 4. The molecule has 0 radical (unpaired) electrons. The fraction of sp³-hybridized carbons (Fsp3) is 0.0702. The van der Waals surface area contributed by atoms with Gasteiger partial charge in [0.2, 0.25) is 5.95 Å². The second-order valence-corrected chi connectivity index (χ2v) is 16.1. The predicted molar refractivity (Wildman–Crippen MR) is 255 cm³/mol. The maximum atomic E-state index is 9.03. The van der Waals surface area contributed by atoms with E-state index in [1.807, 2.05) is 91.0 Å². The lowest BCUT2D eigenvalue weighted by Crippen LogP contribution is -2.31. The van der Waals surface area contributed by atoms with Crippen molar-refractivity contribution < 1.29 is 23.0 Å². The van der Waals surface area contributed by atoms with E-state index in [0.29, 0.717) is 34.2 Å². The number of ether oxygens (including phenoxy) is 1. The Hall–Kier alpha value is -8.09. The Labute approximate surface area is 380 Å². The van der Waals surface area contributed by atoms with Crippen molar-refractivity contribution in [3.63, 3.8) is 0 Å². The molecular weight excluding hydrogens is 771 g/mol. The van der Waals surface area contributed by atoms with Gasteiger partial charge in [0.1, 0.15) is 11.5 Å². The van der Waals surface area contributed by atoms with Gasteiger partial charge in [-0.05, 0) is 64.2 Å². The van der Waals surface area contributed by atoms with Crippen LogP contribution in [0, 0.1) is 6.33 Å². The first-order chi connectivity index (χ1) is 35.0. The van der Waals surface area contributed by atoms with Crippen LogP contribution in [0.2, 0.25) is 0 Å². The van der Waals surface area contributed by atoms with Crippen molar-refractivity contribution in [2.75, 3.05) is 0 Å². The van der Waals surface area contributed by atoms with E-state index in [2.05, 4.69) is 62.0 Å². The van der Waals surface area contributed by atoms with Crippen molar-refractivity contribution in [3.8, 4) is 62.2 Å². The number of rotatable bonds is 8. The number of imidazole rings is 1. The average Bonchev–Trinajstić information content (AvgIpc) is 3.95. The van der Waals surface area contributed by atoms with Crippen LogP contribution in [0.15, 0.2) is 206 Å². The van der Waals surface area contributed by atoms with E-state index in [0.717, 1.165) is 38.6 Å². The minimum Gasteiger partial charge on any atom is -0.458 e. The Morgan fingerprint density at radius 1 is 0.587 bits per heavy atom. The van der Waals surface area contributed by atoms with Crippen LogP contribution in [0.4, 0.5) is 0 Å². The smallest absolute Gasteiger partial charge is 0.269 e. The van der Waals surface area contributed by atoms with Crippen LogP contribution in [-0.2, 0) is 5.41 Å². The van der Waals surface area contributed by atoms with Crippen LogP contribution in [0.3, 0.4) is 0 Å². The molecule has 0 saturated carbocycles. The molecule has 302 valence electrons. The minimum atomic E-state index is -0.570. The zero-order valence-corrected chi connectivity index (χ0v) is 34.5. The molecule has 0 fully saturated rings. The quantitative estimate of drug-likeness (QED) is 0.113. The highest BCUT2D eigenvalue weighted by Gasteiger charge is 2.23. The summed E-state index contributed by atoms with van der Waals surface area (Å²) in [6.07, 6.45) is 5.25. The Balaban J connectivity index is 1.09. The highest BCUT2D eigenvalue weighted by molar-refractivity contribution is 6.13. The van der Waals surface area contributed by atoms with Gasteiger partial charge in [-0.3, -0.25) is 13.7 Å². The van der Waals surface area contributed by atoms with E-state index >= 15 is 0 Å². The summed E-state index contributed by atoms with van der Waals surface area (Å²) >= 11 is 0. The Bertz CT molecular complexity index is 3930. The molecule has 0 atom stereocenters. The van der Waals surface area contributed by atoms with Gasteiger partial charge in [-0.1, -0.05) is 178 Å². The highest BCUT2D eigenvalue weighted by Crippen LogP contribution is 2.40. The summed E-state index contributed by atoms with van der Waals surface area (Å²) in [4.78, 5) is 9.97. The lowest BCUT2D eigenvalue weighted by molar-refractivity contribution is -0.571. The van der Waals surface area contributed by atoms with E-state index in [1.54, 1.807) is 33.5 Å². The first-order valence-corrected chi connectivity index (χ1v) is 20.5. The van der Waals surface area contributed by atoms with E-state index in [9.17, 15) is 0 Å². The van der Waals surface area contributed by atoms with Crippen LogP contribution < -0.4 is 9.30 Å². The van der Waals surface area contributed by atoms with Crippen molar-refractivity contribution in [1.82, 2.24) is 19.1 Å². The SMILES string of the molecule is [2H]c1c([2H])c([2H])c(-c2cccc(-c3c([2H])c([2H])c([2H])c([2H])c3[2H])c2-[n+]2[c-]n(-c3cccc(Oc4ccc5c6cccc(-c7ccccc7)c6n(-c6nccc(C(C)(C)C)n6)c5c4)c3)c3ccccc32)c([2H])c1[2H]. The van der Waals surface area contributed by atoms with E-state index in [4.69, 9.17) is 28.4 Å². The van der Waals surface area contributed by atoms with Gasteiger partial charge >= 0.3 is 0 Å². The van der Waals surface area contributed by atoms with Crippen LogP contribution in [0.25, 0.3) is 83.5 Å². The van der Waals surface area contributed by atoms with Crippen LogP contribution >= 0.6 is 0 Å². The molecule has 8 aromatic carbocycles. The second-order valence-electron chi connectivity index (χ2n) is 16.1. The molecular formula is C57H43N5O. The molecule has 0 bridgehead atoms. The largest absolute Gasteiger partial charge is 0.458 e. The number of hydrogen-bond acceptors (Lipinski definition) is 3. The summed E-state index contributed by atoms with van der Waals surface area (Å²) in [6.45, 7) is 6.37. The third kappa shape index (κ3) is 6.82. The number of para-hydroxylation sites is 4. The van der Waals surface area contributed by atoms with Crippen molar-refractivity contribution in [3.05, 3.63) is 218 Å². The van der Waals surface area contributed by atoms with Gasteiger partial charge in [-0.2, -0.15) is 0 Å². The molecule has 0 aliphatic heterocycles. The fourth-order valence-electron chi connectivity index (χ4n) is 8.24. The van der Waals surface area contributed by atoms with Crippen molar-refractivity contribution >= 4 is 32.8 Å². The van der Waals surface area contributed by atoms with Crippen molar-refractivity contribution in [2.24, 2.45) is 0 Å². The second kappa shape index (κ2) is 15.4. The van der Waals surface area contributed by atoms with Crippen LogP contribution in [0.5, 0.6) is 11.5 Å². The Morgan fingerprint density at radius 3 is 2.00 bits per heavy atom. The monoisotopic (exact) mass is 823 g/mol. The number of benzene rings is 8. The number of nitrogens with zero attached hydrogens (tertiary/aromatic N) is 5. The molecule has 11 aromatic rings. The molecule has 0 aliphatic rings. The molecule has 3 aromatic heterocycles. The summed E-state index contributed by atoms with van der Waals surface area (Å²) in [5.74, 6) is 1.57. The summed E-state index contributed by atoms with van der Waals surface area (Å²) in [7, 11) is 0. The zero-order chi connectivity index (χ0) is 51.2. The molecule has 0 N–H and O–H groups in total. The van der Waals surface area contributed by atoms with Gasteiger partial charge in [-0.25, -0.2) is 9.97 Å². The Morgan fingerprint density at radius 2 is 1.25 bits per heavy atom. The zero-order valence-electron chi connectivity index (χ0n) is 44.5. The third-order valence-electron chi connectivity index (χ3n) is 11.1. The van der Waals surface area contributed by atoms with Gasteiger partial charge in [0.05, 0.1) is 52.8 Å². The van der Waals surface area contributed by atoms with Gasteiger partial charge < -0.3 is 4.74 Å². The molecule has 0 amide bonds. The molecule has 0 saturated heterocycles. The van der Waals surface area contributed by atoms with Gasteiger partial charge in [0, 0.05) is 34.0 Å². The van der Waals surface area contributed by atoms with E-state index in [-0.39, 0.29) is 33.4 Å². The molecule has 0 unspecified atom stereocenters. The molecule has 6 nitrogen and oxygen atoms in total. The first kappa shape index (κ1) is 28.4. The summed E-state index contributed by atoms with van der Waals surface area (Å²) in [5, 5.41) is 2.02. The summed E-state index contributed by atoms with van der Waals surface area (Å²) in [6, 6.07) is 38.8. The molecule has 6 heteroatoms. The van der Waals surface area contributed by atoms with Crippen LogP contribution in [-0.4, -0.2) is 19.1 Å². The lowest BCUT2D eigenvalue weighted by atomic mass is 9.92. The van der Waals surface area contributed by atoms with Crippen molar-refractivity contribution in [1.29, 1.82) is 0 Å². The number of aromatic nitrogens is 5. The standard InChI is InChI=1S/C57H43N5O/c1-57(2,3)53-34-35-58-56(59-53)62-52-37-44(32-33-48(52)49-29-17-28-47(55(49)62)41-22-11-6-12-23-41)63-43-25-15-24-42(36-43)60-38-61(51-31-14-13-30-50(51)60)54-45(39-18-7-4-8-19-39)26-16-27-46(54)40-20-9-5-10-21-40/h4-37H,1-3H3/i4D,5D,7D,8D,9D,10D,18D,19D,20D,21D. The maximum Gasteiger partial charge on any atom is 0.269 e. The summed E-state index contributed by atoms with van der Waals surface area (Å²) in [5.41, 5.74) is 6.56. The lowest BCUT2D eigenvalue weighted by Gasteiger charge is -2.18. The topological polar surface area (TPSA) is 48.8 Å². The fourth-order valence-corrected chi connectivity index (χ4v) is 8.24. The van der Waals surface area contributed by atoms with E-state index in [1.165, 1.54) is 0 Å². The van der Waals surface area contributed by atoms with Gasteiger partial charge in [0.15, 0.2) is 0 Å². The molecule has 0 spiro atoms. The first-order valence-electron chi connectivity index (χ1n) is 25.5. The predicted octanol–water partition coefficient (Wildman–Crippen LogP) is 13.7. The maximum absolute atomic E-state index is 9.03. The number of hydrogen-bond donors (Lipinski definition) is 0. The van der Waals surface area contributed by atoms with Gasteiger partial charge in [0.25, 0.3) is 6.33 Å². The highest BCUT2D eigenvalue weighted by atomic mass is 16.5. The normalized spacial score (nSPS) is 14.0. The molecule has 11 rings (SSSR count). The molecule has 3 heterocycles. The molecule has 63 heavy (non-hydrogen) atoms. The third-order valence-corrected chi connectivity index (χ3v) is 11.1. The van der Waals surface area contributed by atoms with Gasteiger partial charge in [-0.15, -0.1) is 0 Å².